The number of hydrogen-bond donors (Lipinski definition) is 1. The summed E-state index contributed by atoms with van der Waals surface area (Å²) in [5.41, 5.74) is -4.26. The van der Waals surface area contributed by atoms with E-state index < -0.39 is 40.5 Å². The quantitative estimate of drug-likeness (QED) is 0.850. The highest BCUT2D eigenvalue weighted by molar-refractivity contribution is 5.70. The molecule has 0 spiro atoms. The van der Waals surface area contributed by atoms with Crippen molar-refractivity contribution in [3.05, 3.63) is 52.3 Å². The third kappa shape index (κ3) is 3.41. The van der Waals surface area contributed by atoms with Crippen LogP contribution in [-0.4, -0.2) is 11.3 Å². The fourth-order valence-corrected chi connectivity index (χ4v) is 1.86. The van der Waals surface area contributed by atoms with E-state index in [2.05, 4.69) is 9.72 Å². The molecule has 0 atom stereocenters. The molecule has 0 saturated carbocycles. The van der Waals surface area contributed by atoms with E-state index >= 15 is 0 Å². The maximum atomic E-state index is 13.0. The number of benzene rings is 1. The number of ether oxygens (including phenoxy) is 1. The van der Waals surface area contributed by atoms with Gasteiger partial charge in [0, 0.05) is 17.8 Å². The largest absolute Gasteiger partial charge is 0.573 e. The number of alkyl halides is 6. The van der Waals surface area contributed by atoms with Gasteiger partial charge in [-0.3, -0.25) is 4.79 Å². The molecule has 2 aromatic rings. The molecule has 118 valence electrons. The van der Waals surface area contributed by atoms with Gasteiger partial charge in [-0.1, -0.05) is 12.1 Å². The van der Waals surface area contributed by atoms with E-state index in [-0.39, 0.29) is 0 Å². The zero-order chi connectivity index (χ0) is 16.5. The van der Waals surface area contributed by atoms with Gasteiger partial charge in [0.2, 0.25) is 0 Å². The molecule has 0 saturated heterocycles. The van der Waals surface area contributed by atoms with Crippen LogP contribution < -0.4 is 10.2 Å². The smallest absolute Gasteiger partial charge is 0.405 e. The van der Waals surface area contributed by atoms with Crippen LogP contribution in [0.2, 0.25) is 0 Å². The van der Waals surface area contributed by atoms with Gasteiger partial charge in [0.15, 0.2) is 5.43 Å². The lowest BCUT2D eigenvalue weighted by atomic mass is 10.0. The number of hydrogen-bond acceptors (Lipinski definition) is 2. The SMILES string of the molecule is O=c1cc[nH]c(-c2ccccc2OC(F)(F)F)c1C(F)(F)F. The Balaban J connectivity index is 2.69. The number of aromatic nitrogens is 1. The molecule has 1 N–H and O–H groups in total. The number of aromatic amines is 1. The van der Waals surface area contributed by atoms with E-state index in [1.54, 1.807) is 0 Å². The summed E-state index contributed by atoms with van der Waals surface area (Å²) in [7, 11) is 0. The first-order valence-electron chi connectivity index (χ1n) is 5.73. The van der Waals surface area contributed by atoms with Crippen molar-refractivity contribution in [3.63, 3.8) is 0 Å². The van der Waals surface area contributed by atoms with Gasteiger partial charge in [-0.05, 0) is 12.1 Å². The lowest BCUT2D eigenvalue weighted by Crippen LogP contribution is -2.22. The maximum Gasteiger partial charge on any atom is 0.573 e. The van der Waals surface area contributed by atoms with E-state index in [0.29, 0.717) is 6.07 Å². The summed E-state index contributed by atoms with van der Waals surface area (Å²) in [5, 5.41) is 0. The predicted octanol–water partition coefficient (Wildman–Crippen LogP) is 3.96. The molecule has 1 aromatic heterocycles. The van der Waals surface area contributed by atoms with Crippen LogP contribution in [0.15, 0.2) is 41.3 Å². The number of halogens is 6. The third-order valence-corrected chi connectivity index (χ3v) is 2.62. The Bertz CT molecular complexity index is 732. The molecule has 0 radical (unpaired) electrons. The van der Waals surface area contributed by atoms with Crippen LogP contribution in [0, 0.1) is 0 Å². The lowest BCUT2D eigenvalue weighted by Gasteiger charge is -2.16. The second-order valence-corrected chi connectivity index (χ2v) is 4.13. The zero-order valence-electron chi connectivity index (χ0n) is 10.5. The highest BCUT2D eigenvalue weighted by Gasteiger charge is 2.38. The Kier molecular flexibility index (Phi) is 3.90. The topological polar surface area (TPSA) is 42.1 Å². The molecule has 0 aliphatic heterocycles. The third-order valence-electron chi connectivity index (χ3n) is 2.62. The van der Waals surface area contributed by atoms with Crippen molar-refractivity contribution in [2.24, 2.45) is 0 Å². The predicted molar refractivity (Wildman–Crippen MR) is 64.2 cm³/mol. The Labute approximate surface area is 119 Å². The summed E-state index contributed by atoms with van der Waals surface area (Å²) in [6.07, 6.45) is -9.20. The molecule has 1 aromatic carbocycles. The number of pyridine rings is 1. The second kappa shape index (κ2) is 5.39. The van der Waals surface area contributed by atoms with Gasteiger partial charge in [-0.15, -0.1) is 13.2 Å². The van der Waals surface area contributed by atoms with Crippen LogP contribution in [0.25, 0.3) is 11.3 Å². The average Bonchev–Trinajstić information content (AvgIpc) is 2.35. The minimum atomic E-state index is -5.08. The van der Waals surface area contributed by atoms with Crippen molar-refractivity contribution in [2.75, 3.05) is 0 Å². The summed E-state index contributed by atoms with van der Waals surface area (Å²) in [5.74, 6) is -0.845. The van der Waals surface area contributed by atoms with E-state index in [9.17, 15) is 31.1 Å². The molecule has 0 fully saturated rings. The van der Waals surface area contributed by atoms with Crippen LogP contribution in [0.4, 0.5) is 26.3 Å². The molecule has 2 rings (SSSR count). The number of nitrogens with one attached hydrogen (secondary N) is 1. The fraction of sp³-hybridized carbons (Fsp3) is 0.154. The fourth-order valence-electron chi connectivity index (χ4n) is 1.86. The van der Waals surface area contributed by atoms with Gasteiger partial charge in [-0.2, -0.15) is 13.2 Å². The monoisotopic (exact) mass is 323 g/mol. The van der Waals surface area contributed by atoms with Gasteiger partial charge in [-0.25, -0.2) is 0 Å². The molecular formula is C13H7F6NO2. The Morgan fingerprint density at radius 1 is 0.955 bits per heavy atom. The van der Waals surface area contributed by atoms with Crippen LogP contribution in [0.1, 0.15) is 5.56 Å². The van der Waals surface area contributed by atoms with Crippen molar-refractivity contribution in [1.82, 2.24) is 4.98 Å². The molecule has 0 unspecified atom stereocenters. The van der Waals surface area contributed by atoms with Crippen LogP contribution in [0.3, 0.4) is 0 Å². The first-order valence-corrected chi connectivity index (χ1v) is 5.73. The van der Waals surface area contributed by atoms with Crippen LogP contribution >= 0.6 is 0 Å². The lowest BCUT2D eigenvalue weighted by molar-refractivity contribution is -0.274. The first kappa shape index (κ1) is 15.9. The number of rotatable bonds is 2. The standard InChI is InChI=1S/C13H7F6NO2/c14-12(15,16)10-8(21)5-6-20-11(10)7-3-1-2-4-9(7)22-13(17,18)19/h1-6H,(H,20,21). The first-order chi connectivity index (χ1) is 10.1. The Morgan fingerprint density at radius 3 is 2.18 bits per heavy atom. The molecule has 1 heterocycles. The number of H-pyrrole nitrogens is 1. The molecule has 0 aliphatic rings. The molecule has 3 nitrogen and oxygen atoms in total. The van der Waals surface area contributed by atoms with Crippen molar-refractivity contribution < 1.29 is 31.1 Å². The minimum absolute atomic E-state index is 0.523. The van der Waals surface area contributed by atoms with Gasteiger partial charge >= 0.3 is 12.5 Å². The molecule has 0 aliphatic carbocycles. The summed E-state index contributed by atoms with van der Waals surface area (Å²) in [4.78, 5) is 13.6. The van der Waals surface area contributed by atoms with Gasteiger partial charge in [0.05, 0.1) is 5.69 Å². The highest BCUT2D eigenvalue weighted by atomic mass is 19.4. The van der Waals surface area contributed by atoms with Crippen molar-refractivity contribution in [1.29, 1.82) is 0 Å². The average molecular weight is 323 g/mol. The molecule has 22 heavy (non-hydrogen) atoms. The van der Waals surface area contributed by atoms with E-state index in [4.69, 9.17) is 0 Å². The van der Waals surface area contributed by atoms with E-state index in [1.807, 2.05) is 0 Å². The summed E-state index contributed by atoms with van der Waals surface area (Å²) >= 11 is 0. The van der Waals surface area contributed by atoms with Gasteiger partial charge < -0.3 is 9.72 Å². The normalized spacial score (nSPS) is 12.3. The van der Waals surface area contributed by atoms with Crippen LogP contribution in [0.5, 0.6) is 5.75 Å². The van der Waals surface area contributed by atoms with Crippen molar-refractivity contribution in [3.8, 4) is 17.0 Å². The summed E-state index contributed by atoms with van der Waals surface area (Å²) in [6, 6.07) is 4.87. The molecular weight excluding hydrogens is 316 g/mol. The Hall–Kier alpha value is -2.45. The van der Waals surface area contributed by atoms with Gasteiger partial charge in [0.25, 0.3) is 0 Å². The minimum Gasteiger partial charge on any atom is -0.405 e. The maximum absolute atomic E-state index is 13.0. The summed E-state index contributed by atoms with van der Waals surface area (Å²) < 4.78 is 79.7. The number of para-hydroxylation sites is 1. The van der Waals surface area contributed by atoms with E-state index in [1.165, 1.54) is 12.1 Å². The molecule has 0 amide bonds. The van der Waals surface area contributed by atoms with Crippen molar-refractivity contribution in [2.45, 2.75) is 12.5 Å². The van der Waals surface area contributed by atoms with Crippen molar-refractivity contribution >= 4 is 0 Å². The summed E-state index contributed by atoms with van der Waals surface area (Å²) in [6.45, 7) is 0. The molecule has 9 heteroatoms. The van der Waals surface area contributed by atoms with E-state index in [0.717, 1.165) is 18.3 Å². The second-order valence-electron chi connectivity index (χ2n) is 4.13. The van der Waals surface area contributed by atoms with Gasteiger partial charge in [0.1, 0.15) is 11.3 Å². The highest BCUT2D eigenvalue weighted by Crippen LogP contribution is 2.38. The Morgan fingerprint density at radius 2 is 1.59 bits per heavy atom. The van der Waals surface area contributed by atoms with Crippen LogP contribution in [-0.2, 0) is 6.18 Å². The molecule has 0 bridgehead atoms. The zero-order valence-corrected chi connectivity index (χ0v) is 10.5.